The normalized spacial score (nSPS) is 10.9. The van der Waals surface area contributed by atoms with Crippen molar-refractivity contribution in [3.05, 3.63) is 63.2 Å². The van der Waals surface area contributed by atoms with Crippen molar-refractivity contribution in [1.82, 2.24) is 14.5 Å². The minimum atomic E-state index is -0.999. The molecule has 0 unspecified atom stereocenters. The second-order valence-corrected chi connectivity index (χ2v) is 5.31. The molecule has 0 aliphatic rings. The monoisotopic (exact) mass is 365 g/mol. The van der Waals surface area contributed by atoms with E-state index in [0.717, 1.165) is 17.0 Å². The highest BCUT2D eigenvalue weighted by Gasteiger charge is 2.20. The zero-order valence-electron chi connectivity index (χ0n) is 12.8. The SMILES string of the molecule is CCOC(=O)c1cn(-c2ncc(F)cc2F)c2nc(Cl)ccc2c1=O. The molecule has 6 nitrogen and oxygen atoms in total. The molecule has 0 saturated heterocycles. The van der Waals surface area contributed by atoms with Crippen LogP contribution in [0.3, 0.4) is 0 Å². The van der Waals surface area contributed by atoms with E-state index in [9.17, 15) is 18.4 Å². The first-order valence-electron chi connectivity index (χ1n) is 7.12. The molecule has 0 radical (unpaired) electrons. The number of nitrogens with zero attached hydrogens (tertiary/aromatic N) is 3. The third-order valence-electron chi connectivity index (χ3n) is 3.33. The van der Waals surface area contributed by atoms with Crippen LogP contribution in [-0.4, -0.2) is 27.1 Å². The van der Waals surface area contributed by atoms with Gasteiger partial charge in [0.2, 0.25) is 5.43 Å². The summed E-state index contributed by atoms with van der Waals surface area (Å²) in [5.41, 5.74) is -0.996. The van der Waals surface area contributed by atoms with Gasteiger partial charge in [-0.05, 0) is 19.1 Å². The van der Waals surface area contributed by atoms with Crippen molar-refractivity contribution >= 4 is 28.6 Å². The Morgan fingerprint density at radius 1 is 1.36 bits per heavy atom. The van der Waals surface area contributed by atoms with Gasteiger partial charge in [0.1, 0.15) is 16.5 Å². The van der Waals surface area contributed by atoms with Crippen LogP contribution in [0.5, 0.6) is 0 Å². The highest BCUT2D eigenvalue weighted by Crippen LogP contribution is 2.20. The maximum absolute atomic E-state index is 14.2. The molecule has 0 amide bonds. The van der Waals surface area contributed by atoms with E-state index >= 15 is 0 Å². The van der Waals surface area contributed by atoms with Gasteiger partial charge in [-0.1, -0.05) is 11.6 Å². The van der Waals surface area contributed by atoms with Crippen LogP contribution in [0.1, 0.15) is 17.3 Å². The molecule has 0 N–H and O–H groups in total. The summed E-state index contributed by atoms with van der Waals surface area (Å²) in [6.07, 6.45) is 1.85. The Bertz CT molecular complexity index is 1050. The number of rotatable bonds is 3. The van der Waals surface area contributed by atoms with Crippen molar-refractivity contribution in [3.8, 4) is 5.82 Å². The number of carbonyl (C=O) groups is 1. The summed E-state index contributed by atoms with van der Waals surface area (Å²) in [5, 5.41) is 0.0625. The largest absolute Gasteiger partial charge is 0.462 e. The lowest BCUT2D eigenvalue weighted by Gasteiger charge is -2.12. The molecule has 0 spiro atoms. The van der Waals surface area contributed by atoms with Crippen LogP contribution in [0.25, 0.3) is 16.9 Å². The van der Waals surface area contributed by atoms with Gasteiger partial charge in [0, 0.05) is 12.3 Å². The summed E-state index contributed by atoms with van der Waals surface area (Å²) in [7, 11) is 0. The Morgan fingerprint density at radius 3 is 2.80 bits per heavy atom. The minimum Gasteiger partial charge on any atom is -0.462 e. The first-order chi connectivity index (χ1) is 11.9. The van der Waals surface area contributed by atoms with Crippen molar-refractivity contribution in [2.45, 2.75) is 6.92 Å². The minimum absolute atomic E-state index is 0.0143. The molecule has 128 valence electrons. The van der Waals surface area contributed by atoms with E-state index in [1.54, 1.807) is 6.92 Å². The van der Waals surface area contributed by atoms with Crippen LogP contribution in [0.15, 0.2) is 35.4 Å². The molecule has 0 aliphatic carbocycles. The van der Waals surface area contributed by atoms with Crippen molar-refractivity contribution in [2.24, 2.45) is 0 Å². The first-order valence-corrected chi connectivity index (χ1v) is 7.50. The van der Waals surface area contributed by atoms with E-state index in [0.29, 0.717) is 6.07 Å². The third-order valence-corrected chi connectivity index (χ3v) is 3.54. The molecular weight excluding hydrogens is 356 g/mol. The van der Waals surface area contributed by atoms with Gasteiger partial charge < -0.3 is 4.74 Å². The summed E-state index contributed by atoms with van der Waals surface area (Å²) in [4.78, 5) is 32.2. The Hall–Kier alpha value is -2.87. The predicted molar refractivity (Wildman–Crippen MR) is 86.0 cm³/mol. The lowest BCUT2D eigenvalue weighted by atomic mass is 10.2. The average Bonchev–Trinajstić information content (AvgIpc) is 2.56. The molecular formula is C16H10ClF2N3O3. The Balaban J connectivity index is 2.39. The van der Waals surface area contributed by atoms with Gasteiger partial charge in [-0.2, -0.15) is 0 Å². The summed E-state index contributed by atoms with van der Waals surface area (Å²) >= 11 is 5.86. The van der Waals surface area contributed by atoms with Gasteiger partial charge >= 0.3 is 5.97 Å². The van der Waals surface area contributed by atoms with E-state index in [-0.39, 0.29) is 34.2 Å². The fraction of sp³-hybridized carbons (Fsp3) is 0.125. The highest BCUT2D eigenvalue weighted by atomic mass is 35.5. The van der Waals surface area contributed by atoms with E-state index in [2.05, 4.69) is 9.97 Å². The lowest BCUT2D eigenvalue weighted by molar-refractivity contribution is 0.0524. The zero-order valence-corrected chi connectivity index (χ0v) is 13.6. The standard InChI is InChI=1S/C16H10ClF2N3O3/c1-2-25-16(24)10-7-22(15-11(19)5-8(18)6-20-15)14-9(13(10)23)3-4-12(17)21-14/h3-7H,2H2,1H3. The number of ether oxygens (including phenoxy) is 1. The van der Waals surface area contributed by atoms with Gasteiger partial charge in [0.25, 0.3) is 0 Å². The van der Waals surface area contributed by atoms with Gasteiger partial charge in [0.05, 0.1) is 18.2 Å². The molecule has 0 bridgehead atoms. The topological polar surface area (TPSA) is 74.1 Å². The summed E-state index contributed by atoms with van der Waals surface area (Å²) in [5.74, 6) is -3.09. The number of carbonyl (C=O) groups excluding carboxylic acids is 1. The van der Waals surface area contributed by atoms with Crippen LogP contribution < -0.4 is 5.43 Å². The second-order valence-electron chi connectivity index (χ2n) is 4.93. The quantitative estimate of drug-likeness (QED) is 0.527. The highest BCUT2D eigenvalue weighted by molar-refractivity contribution is 6.29. The van der Waals surface area contributed by atoms with E-state index < -0.39 is 23.0 Å². The Labute approximate surface area is 144 Å². The maximum Gasteiger partial charge on any atom is 0.343 e. The number of fused-ring (bicyclic) bond motifs is 1. The fourth-order valence-electron chi connectivity index (χ4n) is 2.28. The van der Waals surface area contributed by atoms with Gasteiger partial charge in [-0.15, -0.1) is 0 Å². The molecule has 0 saturated carbocycles. The van der Waals surface area contributed by atoms with Crippen molar-refractivity contribution in [1.29, 1.82) is 0 Å². The molecule has 3 aromatic heterocycles. The van der Waals surface area contributed by atoms with Gasteiger partial charge in [-0.25, -0.2) is 23.5 Å². The molecule has 9 heteroatoms. The van der Waals surface area contributed by atoms with Crippen LogP contribution in [0.2, 0.25) is 5.15 Å². The maximum atomic E-state index is 14.2. The van der Waals surface area contributed by atoms with Crippen molar-refractivity contribution in [3.63, 3.8) is 0 Å². The summed E-state index contributed by atoms with van der Waals surface area (Å²) < 4.78 is 33.2. The predicted octanol–water partition coefficient (Wildman–Crippen LogP) is 2.89. The fourth-order valence-corrected chi connectivity index (χ4v) is 2.42. The average molecular weight is 366 g/mol. The number of aromatic nitrogens is 3. The van der Waals surface area contributed by atoms with Gasteiger partial charge in [-0.3, -0.25) is 9.36 Å². The molecule has 3 rings (SSSR count). The number of pyridine rings is 3. The smallest absolute Gasteiger partial charge is 0.343 e. The lowest BCUT2D eigenvalue weighted by Crippen LogP contribution is -2.21. The second kappa shape index (κ2) is 6.56. The Kier molecular flexibility index (Phi) is 4.45. The van der Waals surface area contributed by atoms with Crippen molar-refractivity contribution < 1.29 is 18.3 Å². The summed E-state index contributed by atoms with van der Waals surface area (Å²) in [6, 6.07) is 3.34. The van der Waals surface area contributed by atoms with E-state index in [4.69, 9.17) is 16.3 Å². The van der Waals surface area contributed by atoms with Crippen LogP contribution in [0, 0.1) is 11.6 Å². The molecule has 0 aromatic carbocycles. The van der Waals surface area contributed by atoms with Crippen LogP contribution in [0.4, 0.5) is 8.78 Å². The molecule has 25 heavy (non-hydrogen) atoms. The third kappa shape index (κ3) is 3.08. The number of hydrogen-bond donors (Lipinski definition) is 0. The van der Waals surface area contributed by atoms with Crippen LogP contribution in [-0.2, 0) is 4.74 Å². The summed E-state index contributed by atoms with van der Waals surface area (Å²) in [6.45, 7) is 1.64. The van der Waals surface area contributed by atoms with Crippen LogP contribution >= 0.6 is 11.6 Å². The Morgan fingerprint density at radius 2 is 2.12 bits per heavy atom. The number of esters is 1. The van der Waals surface area contributed by atoms with E-state index in [1.807, 2.05) is 0 Å². The van der Waals surface area contributed by atoms with Gasteiger partial charge in [0.15, 0.2) is 17.3 Å². The molecule has 3 heterocycles. The molecule has 0 fully saturated rings. The number of halogens is 3. The zero-order chi connectivity index (χ0) is 18.1. The molecule has 3 aromatic rings. The first kappa shape index (κ1) is 17.0. The van der Waals surface area contributed by atoms with E-state index in [1.165, 1.54) is 12.1 Å². The molecule has 0 atom stereocenters. The number of hydrogen-bond acceptors (Lipinski definition) is 5. The molecule has 0 aliphatic heterocycles. The van der Waals surface area contributed by atoms with Crippen molar-refractivity contribution in [2.75, 3.05) is 6.61 Å².